The molecule has 1 saturated heterocycles. The lowest BCUT2D eigenvalue weighted by atomic mass is 10.1. The molecule has 1 fully saturated rings. The molecule has 2 N–H and O–H groups in total. The van der Waals surface area contributed by atoms with Gasteiger partial charge in [0.25, 0.3) is 5.56 Å². The monoisotopic (exact) mass is 285 g/mol. The predicted molar refractivity (Wildman–Crippen MR) is 88.1 cm³/mol. The molecule has 3 rings (SSSR count). The van der Waals surface area contributed by atoms with Gasteiger partial charge in [-0.25, -0.2) is 0 Å². The van der Waals surface area contributed by atoms with Crippen molar-refractivity contribution in [1.29, 1.82) is 0 Å². The molecule has 2 aromatic rings. The Bertz CT molecular complexity index is 658. The fraction of sp³-hybridized carbons (Fsp3) is 0.471. The number of nitrogens with zero attached hydrogens (tertiary/aromatic N) is 1. The van der Waals surface area contributed by atoms with Crippen molar-refractivity contribution in [2.24, 2.45) is 0 Å². The van der Waals surface area contributed by atoms with Gasteiger partial charge >= 0.3 is 0 Å². The second-order valence-corrected chi connectivity index (χ2v) is 5.81. The molecule has 1 aromatic carbocycles. The van der Waals surface area contributed by atoms with E-state index in [0.29, 0.717) is 6.04 Å². The molecule has 1 aromatic heterocycles. The van der Waals surface area contributed by atoms with Gasteiger partial charge in [0.15, 0.2) is 0 Å². The minimum atomic E-state index is 0.00332. The van der Waals surface area contributed by atoms with E-state index in [-0.39, 0.29) is 5.56 Å². The van der Waals surface area contributed by atoms with Crippen LogP contribution in [0.5, 0.6) is 0 Å². The van der Waals surface area contributed by atoms with Crippen LogP contribution in [0.1, 0.15) is 26.2 Å². The highest BCUT2D eigenvalue weighted by atomic mass is 16.1. The van der Waals surface area contributed by atoms with Crippen LogP contribution in [0.2, 0.25) is 0 Å². The molecule has 2 heterocycles. The molecule has 4 nitrogen and oxygen atoms in total. The third-order valence-electron chi connectivity index (χ3n) is 4.18. The summed E-state index contributed by atoms with van der Waals surface area (Å²) in [5.74, 6) is 0.939. The quantitative estimate of drug-likeness (QED) is 0.887. The van der Waals surface area contributed by atoms with Gasteiger partial charge in [-0.15, -0.1) is 0 Å². The summed E-state index contributed by atoms with van der Waals surface area (Å²) in [6, 6.07) is 10.4. The van der Waals surface area contributed by atoms with E-state index < -0.39 is 0 Å². The minimum absolute atomic E-state index is 0.00332. The van der Waals surface area contributed by atoms with Gasteiger partial charge in [-0.1, -0.05) is 25.1 Å². The highest BCUT2D eigenvalue weighted by molar-refractivity contribution is 5.83. The molecule has 1 atom stereocenters. The SMILES string of the molecule is CCCN(CC1CCCN1)c1cc2ccccc2c(=O)[nH]1. The van der Waals surface area contributed by atoms with Crippen molar-refractivity contribution >= 4 is 16.6 Å². The normalized spacial score (nSPS) is 18.2. The van der Waals surface area contributed by atoms with Crippen LogP contribution < -0.4 is 15.8 Å². The first-order valence-electron chi connectivity index (χ1n) is 7.88. The first kappa shape index (κ1) is 14.1. The van der Waals surface area contributed by atoms with E-state index in [0.717, 1.165) is 42.6 Å². The Morgan fingerprint density at radius 3 is 2.95 bits per heavy atom. The Morgan fingerprint density at radius 2 is 2.19 bits per heavy atom. The summed E-state index contributed by atoms with van der Waals surface area (Å²) in [5, 5.41) is 5.31. The van der Waals surface area contributed by atoms with E-state index in [2.05, 4.69) is 28.2 Å². The third-order valence-corrected chi connectivity index (χ3v) is 4.18. The number of anilines is 1. The topological polar surface area (TPSA) is 48.1 Å². The predicted octanol–water partition coefficient (Wildman–Crippen LogP) is 2.50. The summed E-state index contributed by atoms with van der Waals surface area (Å²) in [6.07, 6.45) is 3.54. The number of hydrogen-bond acceptors (Lipinski definition) is 3. The number of rotatable bonds is 5. The van der Waals surface area contributed by atoms with Crippen LogP contribution in [0.15, 0.2) is 35.1 Å². The molecule has 0 amide bonds. The van der Waals surface area contributed by atoms with E-state index in [9.17, 15) is 4.79 Å². The molecule has 1 unspecified atom stereocenters. The summed E-state index contributed by atoms with van der Waals surface area (Å²) < 4.78 is 0. The molecule has 0 aliphatic carbocycles. The average molecular weight is 285 g/mol. The largest absolute Gasteiger partial charge is 0.357 e. The highest BCUT2D eigenvalue weighted by Crippen LogP contribution is 2.18. The standard InChI is InChI=1S/C17H23N3O/c1-2-10-20(12-14-7-5-9-18-14)16-11-13-6-3-4-8-15(13)17(21)19-16/h3-4,6,8,11,14,18H,2,5,7,9-10,12H2,1H3,(H,19,21). The van der Waals surface area contributed by atoms with Crippen LogP contribution in [-0.2, 0) is 0 Å². The van der Waals surface area contributed by atoms with Gasteiger partial charge in [0.2, 0.25) is 0 Å². The number of aromatic amines is 1. The van der Waals surface area contributed by atoms with E-state index in [1.54, 1.807) is 0 Å². The fourth-order valence-electron chi connectivity index (χ4n) is 3.13. The third kappa shape index (κ3) is 3.10. The fourth-order valence-corrected chi connectivity index (χ4v) is 3.13. The second-order valence-electron chi connectivity index (χ2n) is 5.81. The zero-order valence-corrected chi connectivity index (χ0v) is 12.6. The summed E-state index contributed by atoms with van der Waals surface area (Å²) in [6.45, 7) is 5.21. The van der Waals surface area contributed by atoms with Crippen molar-refractivity contribution in [3.8, 4) is 0 Å². The summed E-state index contributed by atoms with van der Waals surface area (Å²) in [5.41, 5.74) is 0.00332. The Morgan fingerprint density at radius 1 is 1.33 bits per heavy atom. The van der Waals surface area contributed by atoms with Crippen molar-refractivity contribution in [3.05, 3.63) is 40.7 Å². The van der Waals surface area contributed by atoms with Crippen LogP contribution in [-0.4, -0.2) is 30.7 Å². The van der Waals surface area contributed by atoms with Gasteiger partial charge < -0.3 is 15.2 Å². The van der Waals surface area contributed by atoms with Crippen LogP contribution in [0.25, 0.3) is 10.8 Å². The molecular weight excluding hydrogens is 262 g/mol. The molecular formula is C17H23N3O. The number of aromatic nitrogens is 1. The summed E-state index contributed by atoms with van der Waals surface area (Å²) in [7, 11) is 0. The van der Waals surface area contributed by atoms with Crippen molar-refractivity contribution in [1.82, 2.24) is 10.3 Å². The van der Waals surface area contributed by atoms with Gasteiger partial charge in [-0.3, -0.25) is 4.79 Å². The van der Waals surface area contributed by atoms with E-state index in [1.165, 1.54) is 12.8 Å². The molecule has 1 aliphatic rings. The summed E-state index contributed by atoms with van der Waals surface area (Å²) in [4.78, 5) is 17.6. The highest BCUT2D eigenvalue weighted by Gasteiger charge is 2.18. The van der Waals surface area contributed by atoms with Crippen molar-refractivity contribution in [2.75, 3.05) is 24.5 Å². The molecule has 1 aliphatic heterocycles. The Labute approximate surface area is 125 Å². The first-order valence-corrected chi connectivity index (χ1v) is 7.88. The second kappa shape index (κ2) is 6.31. The lowest BCUT2D eigenvalue weighted by Gasteiger charge is -2.27. The van der Waals surface area contributed by atoms with Crippen LogP contribution >= 0.6 is 0 Å². The molecule has 21 heavy (non-hydrogen) atoms. The first-order chi connectivity index (χ1) is 10.3. The molecule has 0 bridgehead atoms. The van der Waals surface area contributed by atoms with E-state index in [1.807, 2.05) is 24.3 Å². The van der Waals surface area contributed by atoms with Crippen LogP contribution in [0, 0.1) is 0 Å². The molecule has 0 radical (unpaired) electrons. The Kier molecular flexibility index (Phi) is 4.25. The summed E-state index contributed by atoms with van der Waals surface area (Å²) >= 11 is 0. The molecule has 4 heteroatoms. The van der Waals surface area contributed by atoms with Gasteiger partial charge in [0.1, 0.15) is 5.82 Å². The number of H-pyrrole nitrogens is 1. The van der Waals surface area contributed by atoms with E-state index in [4.69, 9.17) is 0 Å². The Hall–Kier alpha value is -1.81. The maximum Gasteiger partial charge on any atom is 0.257 e. The maximum atomic E-state index is 12.2. The number of pyridine rings is 1. The molecule has 0 spiro atoms. The smallest absolute Gasteiger partial charge is 0.257 e. The number of fused-ring (bicyclic) bond motifs is 1. The number of nitrogens with one attached hydrogen (secondary N) is 2. The zero-order valence-electron chi connectivity index (χ0n) is 12.6. The van der Waals surface area contributed by atoms with Crippen molar-refractivity contribution in [2.45, 2.75) is 32.2 Å². The van der Waals surface area contributed by atoms with Crippen molar-refractivity contribution < 1.29 is 0 Å². The van der Waals surface area contributed by atoms with Gasteiger partial charge in [0.05, 0.1) is 0 Å². The van der Waals surface area contributed by atoms with Crippen LogP contribution in [0.4, 0.5) is 5.82 Å². The van der Waals surface area contributed by atoms with Gasteiger partial charge in [0, 0.05) is 24.5 Å². The Balaban J connectivity index is 1.92. The minimum Gasteiger partial charge on any atom is -0.357 e. The van der Waals surface area contributed by atoms with E-state index >= 15 is 0 Å². The molecule has 0 saturated carbocycles. The lowest BCUT2D eigenvalue weighted by Crippen LogP contribution is -2.39. The maximum absolute atomic E-state index is 12.2. The average Bonchev–Trinajstić information content (AvgIpc) is 3.00. The zero-order chi connectivity index (χ0) is 14.7. The van der Waals surface area contributed by atoms with Crippen molar-refractivity contribution in [3.63, 3.8) is 0 Å². The lowest BCUT2D eigenvalue weighted by molar-refractivity contribution is 0.575. The molecule has 112 valence electrons. The number of benzene rings is 1. The van der Waals surface area contributed by atoms with Crippen LogP contribution in [0.3, 0.4) is 0 Å². The van der Waals surface area contributed by atoms with Gasteiger partial charge in [-0.2, -0.15) is 0 Å². The van der Waals surface area contributed by atoms with Gasteiger partial charge in [-0.05, 0) is 43.3 Å². The number of hydrogen-bond donors (Lipinski definition) is 2.